The first-order valence-corrected chi connectivity index (χ1v) is 6.20. The van der Waals surface area contributed by atoms with Crippen molar-refractivity contribution in [3.8, 4) is 0 Å². The van der Waals surface area contributed by atoms with Crippen LogP contribution in [0.3, 0.4) is 0 Å². The molecule has 106 valence electrons. The molecule has 0 aliphatic heterocycles. The molecule has 0 bridgehead atoms. The molecule has 2 aromatic rings. The molecule has 20 heavy (non-hydrogen) atoms. The Balaban J connectivity index is 2.16. The minimum atomic E-state index is -0.366. The van der Waals surface area contributed by atoms with Gasteiger partial charge in [-0.1, -0.05) is 0 Å². The largest absolute Gasteiger partial charge is 0.469 e. The number of rotatable bonds is 4. The van der Waals surface area contributed by atoms with Crippen LogP contribution in [0.1, 0.15) is 28.2 Å². The molecule has 0 unspecified atom stereocenters. The van der Waals surface area contributed by atoms with E-state index in [4.69, 9.17) is 0 Å². The highest BCUT2D eigenvalue weighted by molar-refractivity contribution is 5.99. The van der Waals surface area contributed by atoms with Gasteiger partial charge in [-0.05, 0) is 19.9 Å². The molecule has 0 aliphatic carbocycles. The number of carbonyl (C=O) groups is 2. The van der Waals surface area contributed by atoms with Crippen molar-refractivity contribution in [3.05, 3.63) is 29.2 Å². The summed E-state index contributed by atoms with van der Waals surface area (Å²) in [5.41, 5.74) is 2.62. The molecule has 2 rings (SSSR count). The summed E-state index contributed by atoms with van der Waals surface area (Å²) in [6.07, 6.45) is 1.61. The molecule has 0 saturated carbocycles. The molecule has 0 fully saturated rings. The molecule has 7 nitrogen and oxygen atoms in total. The summed E-state index contributed by atoms with van der Waals surface area (Å²) in [4.78, 5) is 27.4. The summed E-state index contributed by atoms with van der Waals surface area (Å²) in [6, 6.07) is 1.89. The number of methoxy groups -OCH3 is 1. The number of nitrogens with one attached hydrogen (secondary N) is 1. The van der Waals surface area contributed by atoms with Gasteiger partial charge in [-0.15, -0.1) is 0 Å². The van der Waals surface area contributed by atoms with Gasteiger partial charge in [0.2, 0.25) is 0 Å². The lowest BCUT2D eigenvalue weighted by Gasteiger charge is -2.04. The van der Waals surface area contributed by atoms with E-state index in [1.807, 2.05) is 19.9 Å². The van der Waals surface area contributed by atoms with E-state index >= 15 is 0 Å². The van der Waals surface area contributed by atoms with E-state index in [2.05, 4.69) is 20.1 Å². The molecule has 2 aromatic heterocycles. The number of fused-ring (bicyclic) bond motifs is 1. The van der Waals surface area contributed by atoms with Gasteiger partial charge < -0.3 is 10.1 Å². The van der Waals surface area contributed by atoms with Crippen LogP contribution in [-0.2, 0) is 9.53 Å². The number of aryl methyl sites for hydroxylation is 2. The second-order valence-corrected chi connectivity index (χ2v) is 4.41. The van der Waals surface area contributed by atoms with Crippen LogP contribution in [0.2, 0.25) is 0 Å². The second-order valence-electron chi connectivity index (χ2n) is 4.41. The Bertz CT molecular complexity index is 663. The third-order valence-electron chi connectivity index (χ3n) is 2.86. The zero-order valence-corrected chi connectivity index (χ0v) is 11.6. The van der Waals surface area contributed by atoms with Gasteiger partial charge >= 0.3 is 5.97 Å². The first kappa shape index (κ1) is 14.0. The third-order valence-corrected chi connectivity index (χ3v) is 2.86. The van der Waals surface area contributed by atoms with Gasteiger partial charge in [0, 0.05) is 17.9 Å². The monoisotopic (exact) mass is 276 g/mol. The fourth-order valence-corrected chi connectivity index (χ4v) is 1.91. The summed E-state index contributed by atoms with van der Waals surface area (Å²) in [5, 5.41) is 6.79. The standard InChI is InChI=1S/C13H16N4O3/c1-8-6-9(2)17-12(16-8)10(7-15-17)13(19)14-5-4-11(18)20-3/h6-7H,4-5H2,1-3H3,(H,14,19). The Morgan fingerprint density at radius 3 is 2.85 bits per heavy atom. The van der Waals surface area contributed by atoms with E-state index in [0.29, 0.717) is 11.2 Å². The van der Waals surface area contributed by atoms with Crippen LogP contribution < -0.4 is 5.32 Å². The maximum Gasteiger partial charge on any atom is 0.307 e. The average molecular weight is 276 g/mol. The number of ether oxygens (including phenoxy) is 1. The molecule has 2 heterocycles. The lowest BCUT2D eigenvalue weighted by molar-refractivity contribution is -0.140. The van der Waals surface area contributed by atoms with E-state index in [-0.39, 0.29) is 24.8 Å². The lowest BCUT2D eigenvalue weighted by Crippen LogP contribution is -2.26. The molecule has 0 aromatic carbocycles. The maximum absolute atomic E-state index is 12.1. The first-order valence-electron chi connectivity index (χ1n) is 6.20. The van der Waals surface area contributed by atoms with Crippen molar-refractivity contribution < 1.29 is 14.3 Å². The minimum absolute atomic E-state index is 0.132. The predicted octanol–water partition coefficient (Wildman–Crippen LogP) is 0.639. The lowest BCUT2D eigenvalue weighted by atomic mass is 10.3. The smallest absolute Gasteiger partial charge is 0.307 e. The topological polar surface area (TPSA) is 85.6 Å². The van der Waals surface area contributed by atoms with E-state index in [9.17, 15) is 9.59 Å². The number of hydrogen-bond donors (Lipinski definition) is 1. The molecule has 0 spiro atoms. The number of amides is 1. The van der Waals surface area contributed by atoms with Crippen molar-refractivity contribution in [1.82, 2.24) is 19.9 Å². The number of hydrogen-bond acceptors (Lipinski definition) is 5. The maximum atomic E-state index is 12.1. The van der Waals surface area contributed by atoms with Crippen molar-refractivity contribution in [3.63, 3.8) is 0 Å². The summed E-state index contributed by atoms with van der Waals surface area (Å²) in [7, 11) is 1.31. The Hall–Kier alpha value is -2.44. The van der Waals surface area contributed by atoms with Crippen LogP contribution in [0.4, 0.5) is 0 Å². The summed E-state index contributed by atoms with van der Waals surface area (Å²) in [5.74, 6) is -0.670. The van der Waals surface area contributed by atoms with Gasteiger partial charge in [0.1, 0.15) is 5.56 Å². The van der Waals surface area contributed by atoms with Crippen molar-refractivity contribution >= 4 is 17.5 Å². The molecule has 1 N–H and O–H groups in total. The summed E-state index contributed by atoms with van der Waals surface area (Å²) >= 11 is 0. The molecule has 1 amide bonds. The van der Waals surface area contributed by atoms with E-state index in [1.54, 1.807) is 4.52 Å². The molecule has 0 saturated heterocycles. The van der Waals surface area contributed by atoms with Crippen LogP contribution in [0.5, 0.6) is 0 Å². The summed E-state index contributed by atoms with van der Waals surface area (Å²) in [6.45, 7) is 3.97. The molecule has 0 aliphatic rings. The molecular weight excluding hydrogens is 260 g/mol. The van der Waals surface area contributed by atoms with E-state index < -0.39 is 0 Å². The Labute approximate surface area is 115 Å². The highest BCUT2D eigenvalue weighted by atomic mass is 16.5. The van der Waals surface area contributed by atoms with Crippen molar-refractivity contribution in [2.45, 2.75) is 20.3 Å². The van der Waals surface area contributed by atoms with Crippen LogP contribution in [-0.4, -0.2) is 40.1 Å². The molecule has 7 heteroatoms. The Morgan fingerprint density at radius 1 is 1.40 bits per heavy atom. The van der Waals surface area contributed by atoms with Gasteiger partial charge in [0.15, 0.2) is 5.65 Å². The molecular formula is C13H16N4O3. The van der Waals surface area contributed by atoms with E-state index in [1.165, 1.54) is 13.3 Å². The Kier molecular flexibility index (Phi) is 3.97. The highest BCUT2D eigenvalue weighted by Gasteiger charge is 2.15. The number of aromatic nitrogens is 3. The fourth-order valence-electron chi connectivity index (χ4n) is 1.91. The third kappa shape index (κ3) is 2.76. The van der Waals surface area contributed by atoms with Crippen LogP contribution in [0.25, 0.3) is 5.65 Å². The van der Waals surface area contributed by atoms with Crippen LogP contribution in [0.15, 0.2) is 12.3 Å². The number of carbonyl (C=O) groups excluding carboxylic acids is 2. The van der Waals surface area contributed by atoms with Crippen molar-refractivity contribution in [2.24, 2.45) is 0 Å². The highest BCUT2D eigenvalue weighted by Crippen LogP contribution is 2.11. The van der Waals surface area contributed by atoms with Gasteiger partial charge in [0.05, 0.1) is 19.7 Å². The predicted molar refractivity (Wildman–Crippen MR) is 71.4 cm³/mol. The molecule has 0 atom stereocenters. The number of esters is 1. The fraction of sp³-hybridized carbons (Fsp3) is 0.385. The quantitative estimate of drug-likeness (QED) is 0.828. The van der Waals surface area contributed by atoms with Gasteiger partial charge in [-0.25, -0.2) is 9.50 Å². The normalized spacial score (nSPS) is 10.6. The second kappa shape index (κ2) is 5.68. The van der Waals surface area contributed by atoms with Crippen molar-refractivity contribution in [2.75, 3.05) is 13.7 Å². The van der Waals surface area contributed by atoms with Crippen molar-refractivity contribution in [1.29, 1.82) is 0 Å². The zero-order valence-electron chi connectivity index (χ0n) is 11.6. The number of nitrogens with zero attached hydrogens (tertiary/aromatic N) is 3. The minimum Gasteiger partial charge on any atom is -0.469 e. The van der Waals surface area contributed by atoms with Crippen LogP contribution in [0, 0.1) is 13.8 Å². The van der Waals surface area contributed by atoms with Gasteiger partial charge in [-0.3, -0.25) is 9.59 Å². The average Bonchev–Trinajstić information content (AvgIpc) is 2.82. The van der Waals surface area contributed by atoms with Crippen LogP contribution >= 0.6 is 0 Å². The first-order chi connectivity index (χ1) is 9.52. The zero-order chi connectivity index (χ0) is 14.7. The molecule has 0 radical (unpaired) electrons. The van der Waals surface area contributed by atoms with Gasteiger partial charge in [0.25, 0.3) is 5.91 Å². The van der Waals surface area contributed by atoms with Gasteiger partial charge in [-0.2, -0.15) is 5.10 Å². The SMILES string of the molecule is COC(=O)CCNC(=O)c1cnn2c(C)cc(C)nc12. The van der Waals surface area contributed by atoms with E-state index in [0.717, 1.165) is 11.4 Å². The Morgan fingerprint density at radius 2 is 2.15 bits per heavy atom. The summed E-state index contributed by atoms with van der Waals surface area (Å²) < 4.78 is 6.12.